The van der Waals surface area contributed by atoms with E-state index in [-0.39, 0.29) is 11.5 Å². The first-order valence-corrected chi connectivity index (χ1v) is 11.2. The van der Waals surface area contributed by atoms with E-state index in [9.17, 15) is 9.59 Å². The van der Waals surface area contributed by atoms with Crippen molar-refractivity contribution in [1.29, 1.82) is 0 Å². The number of hydrogen-bond donors (Lipinski definition) is 0. The predicted molar refractivity (Wildman–Crippen MR) is 121 cm³/mol. The van der Waals surface area contributed by atoms with Gasteiger partial charge in [0.15, 0.2) is 0 Å². The van der Waals surface area contributed by atoms with Crippen molar-refractivity contribution in [2.45, 2.75) is 43.9 Å². The van der Waals surface area contributed by atoms with Gasteiger partial charge in [-0.2, -0.15) is 0 Å². The maximum Gasteiger partial charge on any atom is 0.365 e. The number of ketones is 1. The number of ether oxygens (including phenoxy) is 1. The zero-order valence-electron chi connectivity index (χ0n) is 17.6. The molecule has 0 radical (unpaired) electrons. The first-order valence-electron chi connectivity index (χ1n) is 10.3. The predicted octanol–water partition coefficient (Wildman–Crippen LogP) is 5.79. The quantitative estimate of drug-likeness (QED) is 0.101. The Morgan fingerprint density at radius 3 is 2.33 bits per heavy atom. The Morgan fingerprint density at radius 1 is 0.933 bits per heavy atom. The summed E-state index contributed by atoms with van der Waals surface area (Å²) in [6, 6.07) is 16.0. The fourth-order valence-electron chi connectivity index (χ4n) is 2.76. The zero-order valence-corrected chi connectivity index (χ0v) is 18.5. The molecule has 160 valence electrons. The molecule has 0 spiro atoms. The normalized spacial score (nSPS) is 11.3. The van der Waals surface area contributed by atoms with Crippen LogP contribution in [0.1, 0.15) is 59.7 Å². The van der Waals surface area contributed by atoms with Crippen LogP contribution in [0.5, 0.6) is 0 Å². The van der Waals surface area contributed by atoms with Crippen LogP contribution in [-0.2, 0) is 9.57 Å². The van der Waals surface area contributed by atoms with Crippen molar-refractivity contribution in [3.05, 3.63) is 65.7 Å². The highest BCUT2D eigenvalue weighted by molar-refractivity contribution is 7.99. The Hall–Kier alpha value is -2.44. The van der Waals surface area contributed by atoms with Gasteiger partial charge in [0, 0.05) is 23.3 Å². The lowest BCUT2D eigenvalue weighted by Gasteiger charge is -2.07. The van der Waals surface area contributed by atoms with E-state index in [2.05, 4.69) is 12.1 Å². The molecule has 0 N–H and O–H groups in total. The molecule has 0 aliphatic rings. The molecule has 5 nitrogen and oxygen atoms in total. The number of carbonyl (C=O) groups is 2. The SMILES string of the molecule is CCCCCC/C(=N\OC(=O)c1ccccc1)C(=O)c1ccc(SCCOC)cc1. The van der Waals surface area contributed by atoms with Crippen LogP contribution in [0.4, 0.5) is 0 Å². The van der Waals surface area contributed by atoms with Gasteiger partial charge in [0.25, 0.3) is 0 Å². The van der Waals surface area contributed by atoms with Gasteiger partial charge in [-0.1, -0.05) is 49.5 Å². The zero-order chi connectivity index (χ0) is 21.6. The number of nitrogens with zero attached hydrogens (tertiary/aromatic N) is 1. The van der Waals surface area contributed by atoms with Gasteiger partial charge >= 0.3 is 5.97 Å². The van der Waals surface area contributed by atoms with E-state index in [4.69, 9.17) is 9.57 Å². The summed E-state index contributed by atoms with van der Waals surface area (Å²) in [6.07, 6.45) is 4.51. The maximum atomic E-state index is 13.0. The van der Waals surface area contributed by atoms with Crippen molar-refractivity contribution < 1.29 is 19.2 Å². The first kappa shape index (κ1) is 23.8. The van der Waals surface area contributed by atoms with Crippen LogP contribution in [0.2, 0.25) is 0 Å². The average Bonchev–Trinajstić information content (AvgIpc) is 2.79. The lowest BCUT2D eigenvalue weighted by Crippen LogP contribution is -2.16. The number of oxime groups is 1. The number of thioether (sulfide) groups is 1. The highest BCUT2D eigenvalue weighted by atomic mass is 32.2. The van der Waals surface area contributed by atoms with Gasteiger partial charge in [-0.05, 0) is 49.2 Å². The standard InChI is InChI=1S/C24H29NO4S/c1-3-4-5-9-12-22(25-29-24(27)20-10-7-6-8-11-20)23(26)19-13-15-21(16-14-19)30-18-17-28-2/h6-8,10-11,13-16H,3-5,9,12,17-18H2,1-2H3/b25-22+. The van der Waals surface area contributed by atoms with Crippen molar-refractivity contribution in [3.8, 4) is 0 Å². The Balaban J connectivity index is 2.08. The van der Waals surface area contributed by atoms with E-state index in [1.807, 2.05) is 18.2 Å². The molecule has 0 fully saturated rings. The van der Waals surface area contributed by atoms with Crippen molar-refractivity contribution in [2.24, 2.45) is 5.16 Å². The highest BCUT2D eigenvalue weighted by Gasteiger charge is 2.16. The number of unbranched alkanes of at least 4 members (excludes halogenated alkanes) is 3. The lowest BCUT2D eigenvalue weighted by molar-refractivity contribution is 0.0514. The molecule has 6 heteroatoms. The number of rotatable bonds is 13. The Kier molecular flexibility index (Phi) is 10.9. The van der Waals surface area contributed by atoms with E-state index in [0.717, 1.165) is 36.3 Å². The fraction of sp³-hybridized carbons (Fsp3) is 0.375. The van der Waals surface area contributed by atoms with Crippen LogP contribution >= 0.6 is 11.8 Å². The topological polar surface area (TPSA) is 65.0 Å². The monoisotopic (exact) mass is 427 g/mol. The number of Topliss-reactive ketones (excluding diaryl/α,β-unsaturated/α-hetero) is 1. The molecule has 2 aromatic rings. The van der Waals surface area contributed by atoms with Crippen LogP contribution in [0, 0.1) is 0 Å². The lowest BCUT2D eigenvalue weighted by atomic mass is 10.0. The average molecular weight is 428 g/mol. The maximum absolute atomic E-state index is 13.0. The summed E-state index contributed by atoms with van der Waals surface area (Å²) in [6.45, 7) is 2.81. The highest BCUT2D eigenvalue weighted by Crippen LogP contribution is 2.19. The van der Waals surface area contributed by atoms with Crippen molar-refractivity contribution >= 4 is 29.2 Å². The van der Waals surface area contributed by atoms with Crippen LogP contribution in [0.25, 0.3) is 0 Å². The van der Waals surface area contributed by atoms with E-state index >= 15 is 0 Å². The smallest absolute Gasteiger partial charge is 0.365 e. The van der Waals surface area contributed by atoms with Gasteiger partial charge in [-0.3, -0.25) is 4.79 Å². The summed E-state index contributed by atoms with van der Waals surface area (Å²) in [4.78, 5) is 31.3. The Morgan fingerprint density at radius 2 is 1.67 bits per heavy atom. The fourth-order valence-corrected chi connectivity index (χ4v) is 3.57. The third-order valence-electron chi connectivity index (χ3n) is 4.45. The van der Waals surface area contributed by atoms with Crippen LogP contribution < -0.4 is 0 Å². The molecular weight excluding hydrogens is 398 g/mol. The molecule has 0 unspecified atom stereocenters. The summed E-state index contributed by atoms with van der Waals surface area (Å²) in [5, 5.41) is 3.95. The summed E-state index contributed by atoms with van der Waals surface area (Å²) in [5.74, 6) is 0.0729. The molecule has 0 bridgehead atoms. The van der Waals surface area contributed by atoms with Gasteiger partial charge in [0.2, 0.25) is 5.78 Å². The van der Waals surface area contributed by atoms with Gasteiger partial charge in [-0.25, -0.2) is 4.79 Å². The molecule has 0 aliphatic heterocycles. The molecule has 0 saturated carbocycles. The summed E-state index contributed by atoms with van der Waals surface area (Å²) in [5.41, 5.74) is 1.21. The van der Waals surface area contributed by atoms with Gasteiger partial charge in [0.1, 0.15) is 5.71 Å². The number of benzene rings is 2. The molecule has 0 amide bonds. The summed E-state index contributed by atoms with van der Waals surface area (Å²) in [7, 11) is 1.67. The number of hydrogen-bond acceptors (Lipinski definition) is 6. The minimum absolute atomic E-state index is 0.208. The summed E-state index contributed by atoms with van der Waals surface area (Å²) < 4.78 is 5.06. The molecule has 30 heavy (non-hydrogen) atoms. The van der Waals surface area contributed by atoms with Crippen LogP contribution in [0.15, 0.2) is 64.6 Å². The third-order valence-corrected chi connectivity index (χ3v) is 5.43. The molecule has 2 aromatic carbocycles. The Labute approximate surface area is 182 Å². The van der Waals surface area contributed by atoms with E-state index < -0.39 is 5.97 Å². The molecule has 0 aromatic heterocycles. The second kappa shape index (κ2) is 13.7. The number of methoxy groups -OCH3 is 1. The van der Waals surface area contributed by atoms with Crippen molar-refractivity contribution in [3.63, 3.8) is 0 Å². The van der Waals surface area contributed by atoms with Crippen molar-refractivity contribution in [2.75, 3.05) is 19.5 Å². The van der Waals surface area contributed by atoms with Crippen LogP contribution in [0.3, 0.4) is 0 Å². The minimum Gasteiger partial charge on any atom is -0.384 e. The number of carbonyl (C=O) groups excluding carboxylic acids is 2. The largest absolute Gasteiger partial charge is 0.384 e. The second-order valence-electron chi connectivity index (χ2n) is 6.79. The molecule has 0 atom stereocenters. The van der Waals surface area contributed by atoms with Crippen molar-refractivity contribution in [1.82, 2.24) is 0 Å². The van der Waals surface area contributed by atoms with Gasteiger partial charge in [-0.15, -0.1) is 11.8 Å². The molecule has 2 rings (SSSR count). The second-order valence-corrected chi connectivity index (χ2v) is 7.96. The third kappa shape index (κ3) is 8.13. The first-order chi connectivity index (χ1) is 14.7. The van der Waals surface area contributed by atoms with E-state index in [1.54, 1.807) is 55.3 Å². The Bertz CT molecular complexity index is 819. The van der Waals surface area contributed by atoms with Crippen LogP contribution in [-0.4, -0.2) is 36.9 Å². The minimum atomic E-state index is -0.570. The van der Waals surface area contributed by atoms with Gasteiger partial charge < -0.3 is 9.57 Å². The molecular formula is C24H29NO4S. The van der Waals surface area contributed by atoms with E-state index in [1.165, 1.54) is 0 Å². The summed E-state index contributed by atoms with van der Waals surface area (Å²) >= 11 is 1.67. The van der Waals surface area contributed by atoms with Gasteiger partial charge in [0.05, 0.1) is 12.2 Å². The molecule has 0 aliphatic carbocycles. The molecule has 0 heterocycles. The van der Waals surface area contributed by atoms with E-state index in [0.29, 0.717) is 24.2 Å². The molecule has 0 saturated heterocycles.